The van der Waals surface area contributed by atoms with Crippen LogP contribution in [0.25, 0.3) is 0 Å². The quantitative estimate of drug-likeness (QED) is 0.834. The third-order valence-corrected chi connectivity index (χ3v) is 5.30. The molecule has 4 nitrogen and oxygen atoms in total. The van der Waals surface area contributed by atoms with E-state index >= 15 is 0 Å². The van der Waals surface area contributed by atoms with Gasteiger partial charge in [-0.3, -0.25) is 4.90 Å². The fraction of sp³-hybridized carbons (Fsp3) is 0.429. The molecule has 0 spiro atoms. The van der Waals surface area contributed by atoms with Crippen molar-refractivity contribution in [1.82, 2.24) is 4.90 Å². The van der Waals surface area contributed by atoms with Gasteiger partial charge in [-0.25, -0.2) is 0 Å². The van der Waals surface area contributed by atoms with Gasteiger partial charge >= 0.3 is 0 Å². The number of aliphatic hydroxyl groups is 1. The summed E-state index contributed by atoms with van der Waals surface area (Å²) < 4.78 is 10.7. The number of benzene rings is 2. The Morgan fingerprint density at radius 3 is 2.58 bits per heavy atom. The van der Waals surface area contributed by atoms with E-state index in [0.29, 0.717) is 16.5 Å². The summed E-state index contributed by atoms with van der Waals surface area (Å²) in [4.78, 5) is 2.41. The molecule has 5 heteroatoms. The Hall–Kier alpha value is -1.75. The molecule has 0 radical (unpaired) electrons. The smallest absolute Gasteiger partial charge is 0.179 e. The summed E-state index contributed by atoms with van der Waals surface area (Å²) in [7, 11) is 3.19. The average molecular weight is 376 g/mol. The summed E-state index contributed by atoms with van der Waals surface area (Å²) in [6, 6.07) is 14.3. The molecule has 3 rings (SSSR count). The zero-order valence-corrected chi connectivity index (χ0v) is 16.1. The molecule has 1 fully saturated rings. The van der Waals surface area contributed by atoms with E-state index in [1.54, 1.807) is 14.2 Å². The molecule has 0 aliphatic carbocycles. The summed E-state index contributed by atoms with van der Waals surface area (Å²) in [6.45, 7) is 2.69. The number of nitrogens with zero attached hydrogens (tertiary/aromatic N) is 1. The van der Waals surface area contributed by atoms with Crippen LogP contribution in [0.3, 0.4) is 0 Å². The maximum atomic E-state index is 10.5. The number of ether oxygens (including phenoxy) is 2. The van der Waals surface area contributed by atoms with Gasteiger partial charge in [0.2, 0.25) is 0 Å². The SMILES string of the molecule is COc1cc(CC2CN(Cc3ccccc3)CCC2O)cc(Cl)c1OC. The summed E-state index contributed by atoms with van der Waals surface area (Å²) in [5.41, 5.74) is 2.36. The Bertz CT molecular complexity index is 723. The van der Waals surface area contributed by atoms with Crippen LogP contribution < -0.4 is 9.47 Å². The third-order valence-electron chi connectivity index (χ3n) is 5.02. The van der Waals surface area contributed by atoms with Crippen molar-refractivity contribution in [2.75, 3.05) is 27.3 Å². The minimum absolute atomic E-state index is 0.168. The highest BCUT2D eigenvalue weighted by Gasteiger charge is 2.28. The van der Waals surface area contributed by atoms with Crippen molar-refractivity contribution in [3.63, 3.8) is 0 Å². The second-order valence-corrected chi connectivity index (χ2v) is 7.26. The van der Waals surface area contributed by atoms with Crippen LogP contribution in [-0.4, -0.2) is 43.4 Å². The molecule has 2 aromatic rings. The van der Waals surface area contributed by atoms with Gasteiger partial charge in [0.05, 0.1) is 25.3 Å². The normalized spacial score (nSPS) is 20.8. The highest BCUT2D eigenvalue weighted by atomic mass is 35.5. The third kappa shape index (κ3) is 4.50. The van der Waals surface area contributed by atoms with Gasteiger partial charge in [0.15, 0.2) is 11.5 Å². The second kappa shape index (κ2) is 8.76. The van der Waals surface area contributed by atoms with Crippen LogP contribution in [0, 0.1) is 5.92 Å². The van der Waals surface area contributed by atoms with E-state index in [2.05, 4.69) is 29.2 Å². The van der Waals surface area contributed by atoms with Gasteiger partial charge in [0.25, 0.3) is 0 Å². The monoisotopic (exact) mass is 375 g/mol. The van der Waals surface area contributed by atoms with Crippen LogP contribution in [0.2, 0.25) is 5.02 Å². The fourth-order valence-electron chi connectivity index (χ4n) is 3.67. The van der Waals surface area contributed by atoms with Crippen molar-refractivity contribution in [3.05, 3.63) is 58.6 Å². The van der Waals surface area contributed by atoms with Crippen LogP contribution >= 0.6 is 11.6 Å². The largest absolute Gasteiger partial charge is 0.493 e. The highest BCUT2D eigenvalue weighted by Crippen LogP contribution is 2.37. The molecule has 2 atom stereocenters. The van der Waals surface area contributed by atoms with Crippen LogP contribution in [0.15, 0.2) is 42.5 Å². The lowest BCUT2D eigenvalue weighted by Gasteiger charge is -2.36. The maximum absolute atomic E-state index is 10.5. The van der Waals surface area contributed by atoms with E-state index in [9.17, 15) is 5.11 Å². The zero-order valence-electron chi connectivity index (χ0n) is 15.3. The van der Waals surface area contributed by atoms with Crippen LogP contribution in [0.1, 0.15) is 17.5 Å². The molecule has 26 heavy (non-hydrogen) atoms. The molecular weight excluding hydrogens is 350 g/mol. The van der Waals surface area contributed by atoms with Crippen molar-refractivity contribution >= 4 is 11.6 Å². The summed E-state index contributed by atoms with van der Waals surface area (Å²) in [6.07, 6.45) is 1.25. The Kier molecular flexibility index (Phi) is 6.41. The first kappa shape index (κ1) is 19.0. The van der Waals surface area contributed by atoms with Gasteiger partial charge in [0, 0.05) is 25.6 Å². The lowest BCUT2D eigenvalue weighted by Crippen LogP contribution is -2.43. The van der Waals surface area contributed by atoms with Gasteiger partial charge in [-0.15, -0.1) is 0 Å². The van der Waals surface area contributed by atoms with Crippen molar-refractivity contribution in [2.45, 2.75) is 25.5 Å². The molecule has 1 aliphatic rings. The van der Waals surface area contributed by atoms with E-state index in [0.717, 1.165) is 38.0 Å². The molecule has 0 saturated carbocycles. The molecule has 0 bridgehead atoms. The molecule has 2 aromatic carbocycles. The van der Waals surface area contributed by atoms with Crippen molar-refractivity contribution in [2.24, 2.45) is 5.92 Å². The van der Waals surface area contributed by atoms with Gasteiger partial charge < -0.3 is 14.6 Å². The summed E-state index contributed by atoms with van der Waals surface area (Å²) in [5.74, 6) is 1.34. The number of hydrogen-bond donors (Lipinski definition) is 1. The zero-order chi connectivity index (χ0) is 18.5. The first-order chi connectivity index (χ1) is 12.6. The molecule has 0 aromatic heterocycles. The van der Waals surface area contributed by atoms with E-state index in [4.69, 9.17) is 21.1 Å². The number of halogens is 1. The lowest BCUT2D eigenvalue weighted by atomic mass is 9.88. The molecule has 1 saturated heterocycles. The topological polar surface area (TPSA) is 41.9 Å². The molecule has 1 aliphatic heterocycles. The Morgan fingerprint density at radius 1 is 1.12 bits per heavy atom. The number of hydrogen-bond acceptors (Lipinski definition) is 4. The van der Waals surface area contributed by atoms with Gasteiger partial charge in [-0.2, -0.15) is 0 Å². The molecule has 1 heterocycles. The minimum atomic E-state index is -0.297. The van der Waals surface area contributed by atoms with Crippen LogP contribution in [0.4, 0.5) is 0 Å². The molecule has 2 unspecified atom stereocenters. The lowest BCUT2D eigenvalue weighted by molar-refractivity contribution is 0.0239. The highest BCUT2D eigenvalue weighted by molar-refractivity contribution is 6.32. The number of likely N-dealkylation sites (tertiary alicyclic amines) is 1. The number of aliphatic hydroxyl groups excluding tert-OH is 1. The first-order valence-corrected chi connectivity index (χ1v) is 9.33. The molecule has 0 amide bonds. The van der Waals surface area contributed by atoms with Crippen LogP contribution in [0.5, 0.6) is 11.5 Å². The van der Waals surface area contributed by atoms with E-state index < -0.39 is 0 Å². The number of methoxy groups -OCH3 is 2. The molecule has 140 valence electrons. The first-order valence-electron chi connectivity index (χ1n) is 8.95. The number of piperidine rings is 1. The Balaban J connectivity index is 1.70. The predicted molar refractivity (Wildman–Crippen MR) is 104 cm³/mol. The molecule has 1 N–H and O–H groups in total. The second-order valence-electron chi connectivity index (χ2n) is 6.85. The number of rotatable bonds is 6. The standard InChI is InChI=1S/C21H26ClNO3/c1-25-20-12-16(11-18(22)21(20)26-2)10-17-14-23(9-8-19(17)24)13-15-6-4-3-5-7-15/h3-7,11-12,17,19,24H,8-10,13-14H2,1-2H3. The van der Waals surface area contributed by atoms with Gasteiger partial charge in [-0.1, -0.05) is 41.9 Å². The van der Waals surface area contributed by atoms with Gasteiger partial charge in [0.1, 0.15) is 0 Å². The summed E-state index contributed by atoms with van der Waals surface area (Å²) >= 11 is 6.33. The summed E-state index contributed by atoms with van der Waals surface area (Å²) in [5, 5.41) is 11.0. The van der Waals surface area contributed by atoms with E-state index in [1.807, 2.05) is 18.2 Å². The van der Waals surface area contributed by atoms with Crippen molar-refractivity contribution in [3.8, 4) is 11.5 Å². The van der Waals surface area contributed by atoms with Gasteiger partial charge in [-0.05, 0) is 36.1 Å². The maximum Gasteiger partial charge on any atom is 0.179 e. The molecular formula is C21H26ClNO3. The van der Waals surface area contributed by atoms with Crippen molar-refractivity contribution < 1.29 is 14.6 Å². The van der Waals surface area contributed by atoms with E-state index in [-0.39, 0.29) is 12.0 Å². The van der Waals surface area contributed by atoms with E-state index in [1.165, 1.54) is 5.56 Å². The Morgan fingerprint density at radius 2 is 1.88 bits per heavy atom. The fourth-order valence-corrected chi connectivity index (χ4v) is 3.98. The van der Waals surface area contributed by atoms with Crippen LogP contribution in [-0.2, 0) is 13.0 Å². The predicted octanol–water partition coefficient (Wildman–Crippen LogP) is 3.78. The Labute approximate surface area is 160 Å². The van der Waals surface area contributed by atoms with Crippen molar-refractivity contribution in [1.29, 1.82) is 0 Å². The minimum Gasteiger partial charge on any atom is -0.493 e. The average Bonchev–Trinajstić information content (AvgIpc) is 2.65.